The fourth-order valence-corrected chi connectivity index (χ4v) is 6.11. The first kappa shape index (κ1) is 25.0. The molecule has 1 aliphatic carbocycles. The van der Waals surface area contributed by atoms with Gasteiger partial charge in [0.1, 0.15) is 6.61 Å². The average molecular weight is 589 g/mol. The van der Waals surface area contributed by atoms with Crippen LogP contribution >= 0.6 is 39.1 Å². The van der Waals surface area contributed by atoms with Gasteiger partial charge in [0.15, 0.2) is 11.5 Å². The topological polar surface area (TPSA) is 67.8 Å². The van der Waals surface area contributed by atoms with Gasteiger partial charge in [-0.05, 0) is 87.8 Å². The highest BCUT2D eigenvalue weighted by molar-refractivity contribution is 9.10. The first-order valence-electron chi connectivity index (χ1n) is 11.5. The number of aromatic carboxylic acids is 1. The molecular weight excluding hydrogens is 565 g/mol. The Kier molecular flexibility index (Phi) is 6.95. The maximum absolute atomic E-state index is 12.0. The van der Waals surface area contributed by atoms with Gasteiger partial charge in [-0.15, -0.1) is 0 Å². The molecule has 1 heterocycles. The van der Waals surface area contributed by atoms with Crippen LogP contribution in [0.5, 0.6) is 11.5 Å². The van der Waals surface area contributed by atoms with Crippen LogP contribution in [-0.4, -0.2) is 18.2 Å². The SMILES string of the molecule is COc1cc([C@@H]2Nc3c(C)ccc(C(=O)O)c3[C@H]3C=CC[C@@H]32)cc(Br)c1OCc1ccc(Cl)c(Cl)c1. The number of fused-ring (bicyclic) bond motifs is 3. The Hall–Kier alpha value is -2.67. The van der Waals surface area contributed by atoms with E-state index in [1.807, 2.05) is 31.2 Å². The van der Waals surface area contributed by atoms with Crippen molar-refractivity contribution in [1.29, 1.82) is 0 Å². The third kappa shape index (κ3) is 4.47. The molecule has 2 aliphatic rings. The lowest BCUT2D eigenvalue weighted by Gasteiger charge is -2.39. The number of hydrogen-bond acceptors (Lipinski definition) is 4. The van der Waals surface area contributed by atoms with Gasteiger partial charge in [0.2, 0.25) is 0 Å². The molecule has 0 saturated heterocycles. The summed E-state index contributed by atoms with van der Waals surface area (Å²) in [6, 6.07) is 13.0. The van der Waals surface area contributed by atoms with E-state index in [1.165, 1.54) is 0 Å². The molecule has 3 atom stereocenters. The van der Waals surface area contributed by atoms with Crippen molar-refractivity contribution in [3.8, 4) is 11.5 Å². The maximum atomic E-state index is 12.0. The largest absolute Gasteiger partial charge is 0.493 e. The summed E-state index contributed by atoms with van der Waals surface area (Å²) in [7, 11) is 1.62. The van der Waals surface area contributed by atoms with Gasteiger partial charge in [0.05, 0.1) is 33.2 Å². The van der Waals surface area contributed by atoms with E-state index in [0.29, 0.717) is 33.7 Å². The summed E-state index contributed by atoms with van der Waals surface area (Å²) in [5.41, 5.74) is 5.05. The standard InChI is InChI=1S/C28H24BrCl2NO4/c1-14-6-8-19(28(33)34)24-17-4-3-5-18(17)26(32-25(14)24)16-11-20(29)27(23(12-16)35-2)36-13-15-7-9-21(30)22(31)10-15/h3-4,6-12,17-18,26,32H,5,13H2,1-2H3,(H,33,34)/t17-,18-,26-/m0/s1. The first-order chi connectivity index (χ1) is 17.3. The Balaban J connectivity index is 1.49. The van der Waals surface area contributed by atoms with Crippen molar-refractivity contribution in [2.75, 3.05) is 12.4 Å². The molecule has 0 spiro atoms. The summed E-state index contributed by atoms with van der Waals surface area (Å²) in [4.78, 5) is 12.0. The molecule has 0 unspecified atom stereocenters. The Morgan fingerprint density at radius 3 is 2.69 bits per heavy atom. The van der Waals surface area contributed by atoms with Gasteiger partial charge < -0.3 is 19.9 Å². The second-order valence-electron chi connectivity index (χ2n) is 9.07. The third-order valence-electron chi connectivity index (χ3n) is 6.94. The number of halogens is 3. The van der Waals surface area contributed by atoms with Crippen molar-refractivity contribution in [2.45, 2.75) is 31.9 Å². The van der Waals surface area contributed by atoms with Crippen LogP contribution in [0.1, 0.15) is 51.0 Å². The van der Waals surface area contributed by atoms with Gasteiger partial charge in [-0.2, -0.15) is 0 Å². The number of anilines is 1. The summed E-state index contributed by atoms with van der Waals surface area (Å²) in [6.07, 6.45) is 5.14. The number of benzene rings is 3. The molecule has 5 rings (SSSR count). The summed E-state index contributed by atoms with van der Waals surface area (Å²) in [6.45, 7) is 2.30. The maximum Gasteiger partial charge on any atom is 0.336 e. The van der Waals surface area contributed by atoms with E-state index in [2.05, 4.69) is 33.4 Å². The number of hydrogen-bond donors (Lipinski definition) is 2. The highest BCUT2D eigenvalue weighted by atomic mass is 79.9. The molecule has 3 aromatic rings. The highest BCUT2D eigenvalue weighted by Crippen LogP contribution is 2.53. The van der Waals surface area contributed by atoms with Crippen molar-refractivity contribution in [2.24, 2.45) is 5.92 Å². The summed E-state index contributed by atoms with van der Waals surface area (Å²) < 4.78 is 12.6. The molecule has 0 fully saturated rings. The van der Waals surface area contributed by atoms with Crippen LogP contribution in [0.15, 0.2) is 59.1 Å². The third-order valence-corrected chi connectivity index (χ3v) is 8.26. The van der Waals surface area contributed by atoms with Crippen LogP contribution in [0.2, 0.25) is 10.0 Å². The van der Waals surface area contributed by atoms with Crippen LogP contribution < -0.4 is 14.8 Å². The predicted molar refractivity (Wildman–Crippen MR) is 146 cm³/mol. The fourth-order valence-electron chi connectivity index (χ4n) is 5.22. The Morgan fingerprint density at radius 1 is 1.17 bits per heavy atom. The van der Waals surface area contributed by atoms with Gasteiger partial charge in [0.25, 0.3) is 0 Å². The molecule has 8 heteroatoms. The normalized spacial score (nSPS) is 19.9. The molecule has 3 aromatic carbocycles. The number of carboxylic acid groups (broad SMARTS) is 1. The van der Waals surface area contributed by atoms with E-state index in [-0.39, 0.29) is 17.9 Å². The lowest BCUT2D eigenvalue weighted by Crippen LogP contribution is -2.31. The lowest BCUT2D eigenvalue weighted by molar-refractivity contribution is 0.0695. The second kappa shape index (κ2) is 10.0. The number of ether oxygens (including phenoxy) is 2. The molecule has 1 aliphatic heterocycles. The molecule has 0 amide bonds. The lowest BCUT2D eigenvalue weighted by atomic mass is 9.74. The van der Waals surface area contributed by atoms with Gasteiger partial charge in [-0.3, -0.25) is 0 Å². The molecule has 0 bridgehead atoms. The van der Waals surface area contributed by atoms with Crippen LogP contribution in [0, 0.1) is 12.8 Å². The second-order valence-corrected chi connectivity index (χ2v) is 10.7. The van der Waals surface area contributed by atoms with E-state index < -0.39 is 5.97 Å². The number of allylic oxidation sites excluding steroid dienone is 2. The van der Waals surface area contributed by atoms with Gasteiger partial charge in [-0.1, -0.05) is 47.5 Å². The average Bonchev–Trinajstić information content (AvgIpc) is 3.34. The zero-order valence-electron chi connectivity index (χ0n) is 19.6. The molecule has 2 N–H and O–H groups in total. The van der Waals surface area contributed by atoms with E-state index in [1.54, 1.807) is 25.3 Å². The first-order valence-corrected chi connectivity index (χ1v) is 13.1. The van der Waals surface area contributed by atoms with Gasteiger partial charge in [0, 0.05) is 11.6 Å². The number of rotatable bonds is 6. The molecule has 36 heavy (non-hydrogen) atoms. The molecule has 0 aromatic heterocycles. The van der Waals surface area contributed by atoms with Crippen LogP contribution in [0.3, 0.4) is 0 Å². The Labute approximate surface area is 228 Å². The monoisotopic (exact) mass is 587 g/mol. The Morgan fingerprint density at radius 2 is 1.97 bits per heavy atom. The number of aryl methyl sites for hydroxylation is 1. The van der Waals surface area contributed by atoms with E-state index in [4.69, 9.17) is 32.7 Å². The molecule has 5 nitrogen and oxygen atoms in total. The summed E-state index contributed by atoms with van der Waals surface area (Å²) in [5, 5.41) is 14.5. The zero-order valence-corrected chi connectivity index (χ0v) is 22.7. The predicted octanol–water partition coefficient (Wildman–Crippen LogP) is 8.18. The van der Waals surface area contributed by atoms with Crippen molar-refractivity contribution in [3.63, 3.8) is 0 Å². The van der Waals surface area contributed by atoms with Crippen molar-refractivity contribution in [3.05, 3.63) is 97.0 Å². The minimum atomic E-state index is -0.904. The van der Waals surface area contributed by atoms with Crippen molar-refractivity contribution >= 4 is 50.8 Å². The zero-order chi connectivity index (χ0) is 25.6. The van der Waals surface area contributed by atoms with Crippen molar-refractivity contribution < 1.29 is 19.4 Å². The Bertz CT molecular complexity index is 1390. The molecular formula is C28H24BrCl2NO4. The molecule has 0 radical (unpaired) electrons. The van der Waals surface area contributed by atoms with Crippen LogP contribution in [-0.2, 0) is 6.61 Å². The van der Waals surface area contributed by atoms with Crippen LogP contribution in [0.25, 0.3) is 0 Å². The molecule has 0 saturated carbocycles. The minimum absolute atomic E-state index is 0.0209. The number of methoxy groups -OCH3 is 1. The smallest absolute Gasteiger partial charge is 0.336 e. The molecule has 186 valence electrons. The van der Waals surface area contributed by atoms with E-state index >= 15 is 0 Å². The minimum Gasteiger partial charge on any atom is -0.493 e. The number of carbonyl (C=O) groups is 1. The van der Waals surface area contributed by atoms with E-state index in [0.717, 1.165) is 38.8 Å². The van der Waals surface area contributed by atoms with Gasteiger partial charge >= 0.3 is 5.97 Å². The fraction of sp³-hybridized carbons (Fsp3) is 0.250. The van der Waals surface area contributed by atoms with Crippen molar-refractivity contribution in [1.82, 2.24) is 0 Å². The number of nitrogens with one attached hydrogen (secondary N) is 1. The summed E-state index contributed by atoms with van der Waals surface area (Å²) in [5.74, 6) is 0.488. The summed E-state index contributed by atoms with van der Waals surface area (Å²) >= 11 is 15.9. The van der Waals surface area contributed by atoms with Crippen LogP contribution in [0.4, 0.5) is 5.69 Å². The highest BCUT2D eigenvalue weighted by Gasteiger charge is 2.41. The van der Waals surface area contributed by atoms with Gasteiger partial charge in [-0.25, -0.2) is 4.79 Å². The van der Waals surface area contributed by atoms with E-state index in [9.17, 15) is 9.90 Å². The number of carboxylic acids is 1. The quantitative estimate of drug-likeness (QED) is 0.284.